The zero-order valence-corrected chi connectivity index (χ0v) is 13.7. The molecule has 1 saturated heterocycles. The lowest BCUT2D eigenvalue weighted by atomic mass is 10.1. The van der Waals surface area contributed by atoms with E-state index in [-0.39, 0.29) is 17.7 Å². The predicted octanol–water partition coefficient (Wildman–Crippen LogP) is 2.72. The van der Waals surface area contributed by atoms with Crippen LogP contribution in [-0.2, 0) is 16.1 Å². The van der Waals surface area contributed by atoms with Crippen LogP contribution in [0.2, 0.25) is 0 Å². The maximum absolute atomic E-state index is 12.1. The van der Waals surface area contributed by atoms with Crippen molar-refractivity contribution in [1.29, 1.82) is 0 Å². The molecule has 128 valence electrons. The van der Waals surface area contributed by atoms with Crippen molar-refractivity contribution >= 4 is 5.91 Å². The molecule has 2 heterocycles. The Balaban J connectivity index is 1.49. The second kappa shape index (κ2) is 8.08. The molecular formula is C18H22N2O4. The van der Waals surface area contributed by atoms with Crippen molar-refractivity contribution in [2.75, 3.05) is 19.8 Å². The molecule has 0 saturated carbocycles. The van der Waals surface area contributed by atoms with E-state index in [2.05, 4.69) is 10.5 Å². The van der Waals surface area contributed by atoms with Crippen LogP contribution in [0.5, 0.6) is 0 Å². The van der Waals surface area contributed by atoms with Crippen LogP contribution in [0.1, 0.15) is 41.3 Å². The number of benzene rings is 1. The Bertz CT molecular complexity index is 650. The molecule has 1 N–H and O–H groups in total. The van der Waals surface area contributed by atoms with Crippen LogP contribution in [0.4, 0.5) is 0 Å². The van der Waals surface area contributed by atoms with Gasteiger partial charge in [-0.2, -0.15) is 0 Å². The predicted molar refractivity (Wildman–Crippen MR) is 87.4 cm³/mol. The monoisotopic (exact) mass is 330 g/mol. The molecule has 6 nitrogen and oxygen atoms in total. The summed E-state index contributed by atoms with van der Waals surface area (Å²) < 4.78 is 16.3. The topological polar surface area (TPSA) is 73.6 Å². The van der Waals surface area contributed by atoms with E-state index in [9.17, 15) is 4.79 Å². The summed E-state index contributed by atoms with van der Waals surface area (Å²) >= 11 is 0. The SMILES string of the molecule is CC(OCc1ccccc1)c1cc(C(=O)NCC2CCOC2)no1. The summed E-state index contributed by atoms with van der Waals surface area (Å²) in [6, 6.07) is 11.5. The largest absolute Gasteiger partial charge is 0.381 e. The molecule has 1 aromatic carbocycles. The Labute approximate surface area is 141 Å². The maximum atomic E-state index is 12.1. The van der Waals surface area contributed by atoms with Crippen LogP contribution in [-0.4, -0.2) is 30.8 Å². The van der Waals surface area contributed by atoms with E-state index in [0.717, 1.165) is 18.6 Å². The fourth-order valence-electron chi connectivity index (χ4n) is 2.54. The average molecular weight is 330 g/mol. The highest BCUT2D eigenvalue weighted by Gasteiger charge is 2.20. The van der Waals surface area contributed by atoms with Gasteiger partial charge >= 0.3 is 0 Å². The number of carbonyl (C=O) groups excluding carboxylic acids is 1. The van der Waals surface area contributed by atoms with E-state index < -0.39 is 0 Å². The Morgan fingerprint density at radius 3 is 3.00 bits per heavy atom. The highest BCUT2D eigenvalue weighted by Crippen LogP contribution is 2.19. The van der Waals surface area contributed by atoms with Gasteiger partial charge in [-0.3, -0.25) is 4.79 Å². The van der Waals surface area contributed by atoms with Gasteiger partial charge in [0.1, 0.15) is 6.10 Å². The lowest BCUT2D eigenvalue weighted by Gasteiger charge is -2.09. The van der Waals surface area contributed by atoms with E-state index in [0.29, 0.717) is 31.4 Å². The molecule has 1 aromatic heterocycles. The molecule has 1 aliphatic heterocycles. The van der Waals surface area contributed by atoms with Crippen LogP contribution in [0.25, 0.3) is 0 Å². The highest BCUT2D eigenvalue weighted by atomic mass is 16.5. The minimum atomic E-state index is -0.275. The summed E-state index contributed by atoms with van der Waals surface area (Å²) in [5, 5.41) is 6.71. The fourth-order valence-corrected chi connectivity index (χ4v) is 2.54. The zero-order chi connectivity index (χ0) is 16.8. The van der Waals surface area contributed by atoms with Gasteiger partial charge in [-0.15, -0.1) is 0 Å². The Kier molecular flexibility index (Phi) is 5.61. The quantitative estimate of drug-likeness (QED) is 0.845. The molecule has 2 atom stereocenters. The first-order valence-corrected chi connectivity index (χ1v) is 8.20. The second-order valence-corrected chi connectivity index (χ2v) is 5.99. The summed E-state index contributed by atoms with van der Waals surface area (Å²) in [7, 11) is 0. The molecule has 6 heteroatoms. The van der Waals surface area contributed by atoms with E-state index in [1.54, 1.807) is 6.07 Å². The van der Waals surface area contributed by atoms with E-state index in [1.165, 1.54) is 0 Å². The summed E-state index contributed by atoms with van der Waals surface area (Å²) in [6.45, 7) is 4.42. The molecule has 24 heavy (non-hydrogen) atoms. The smallest absolute Gasteiger partial charge is 0.273 e. The number of hydrogen-bond acceptors (Lipinski definition) is 5. The molecule has 2 unspecified atom stereocenters. The standard InChI is InChI=1S/C18H22N2O4/c1-13(23-12-14-5-3-2-4-6-14)17-9-16(20-24-17)18(21)19-10-15-7-8-22-11-15/h2-6,9,13,15H,7-8,10-12H2,1H3,(H,19,21). The van der Waals surface area contributed by atoms with Gasteiger partial charge in [0, 0.05) is 25.1 Å². The van der Waals surface area contributed by atoms with Gasteiger partial charge in [-0.05, 0) is 18.9 Å². The summed E-state index contributed by atoms with van der Waals surface area (Å²) in [5.74, 6) is 0.695. The summed E-state index contributed by atoms with van der Waals surface area (Å²) in [5.41, 5.74) is 1.36. The number of aromatic nitrogens is 1. The van der Waals surface area contributed by atoms with Crippen LogP contribution in [0, 0.1) is 5.92 Å². The molecule has 2 aromatic rings. The van der Waals surface area contributed by atoms with Crippen molar-refractivity contribution in [2.45, 2.75) is 26.1 Å². The number of ether oxygens (including phenoxy) is 2. The molecular weight excluding hydrogens is 308 g/mol. The highest BCUT2D eigenvalue weighted by molar-refractivity contribution is 5.92. The van der Waals surface area contributed by atoms with E-state index in [4.69, 9.17) is 14.0 Å². The van der Waals surface area contributed by atoms with Gasteiger partial charge in [-0.1, -0.05) is 35.5 Å². The number of carbonyl (C=O) groups is 1. The molecule has 3 rings (SSSR count). The average Bonchev–Trinajstić information content (AvgIpc) is 3.30. The Morgan fingerprint density at radius 1 is 1.42 bits per heavy atom. The van der Waals surface area contributed by atoms with Crippen molar-refractivity contribution in [3.63, 3.8) is 0 Å². The van der Waals surface area contributed by atoms with Crippen molar-refractivity contribution in [1.82, 2.24) is 10.5 Å². The first kappa shape index (κ1) is 16.7. The first-order valence-electron chi connectivity index (χ1n) is 8.20. The zero-order valence-electron chi connectivity index (χ0n) is 13.7. The fraction of sp³-hybridized carbons (Fsp3) is 0.444. The minimum absolute atomic E-state index is 0.229. The van der Waals surface area contributed by atoms with Crippen LogP contribution < -0.4 is 5.32 Å². The van der Waals surface area contributed by atoms with Crippen LogP contribution in [0.15, 0.2) is 40.9 Å². The van der Waals surface area contributed by atoms with Crippen molar-refractivity contribution < 1.29 is 18.8 Å². The van der Waals surface area contributed by atoms with Crippen molar-refractivity contribution in [3.05, 3.63) is 53.4 Å². The first-order chi connectivity index (χ1) is 11.7. The van der Waals surface area contributed by atoms with E-state index >= 15 is 0 Å². The molecule has 0 bridgehead atoms. The summed E-state index contributed by atoms with van der Waals surface area (Å²) in [4.78, 5) is 12.1. The second-order valence-electron chi connectivity index (χ2n) is 5.99. The molecule has 1 aliphatic rings. The summed E-state index contributed by atoms with van der Waals surface area (Å²) in [6.07, 6.45) is 0.705. The number of hydrogen-bond donors (Lipinski definition) is 1. The minimum Gasteiger partial charge on any atom is -0.381 e. The van der Waals surface area contributed by atoms with Crippen LogP contribution in [0.3, 0.4) is 0 Å². The Hall–Kier alpha value is -2.18. The molecule has 0 aliphatic carbocycles. The van der Waals surface area contributed by atoms with Gasteiger partial charge in [0.05, 0.1) is 13.2 Å². The van der Waals surface area contributed by atoms with Gasteiger partial charge in [-0.25, -0.2) is 0 Å². The van der Waals surface area contributed by atoms with Gasteiger partial charge in [0.2, 0.25) is 0 Å². The number of nitrogens with one attached hydrogen (secondary N) is 1. The molecule has 1 fully saturated rings. The number of amides is 1. The third-order valence-electron chi connectivity index (χ3n) is 4.08. The number of nitrogens with zero attached hydrogens (tertiary/aromatic N) is 1. The van der Waals surface area contributed by atoms with Crippen LogP contribution >= 0.6 is 0 Å². The molecule has 1 amide bonds. The maximum Gasteiger partial charge on any atom is 0.273 e. The lowest BCUT2D eigenvalue weighted by molar-refractivity contribution is 0.0342. The van der Waals surface area contributed by atoms with Gasteiger partial charge in [0.25, 0.3) is 5.91 Å². The van der Waals surface area contributed by atoms with E-state index in [1.807, 2.05) is 37.3 Å². The normalized spacial score (nSPS) is 18.5. The lowest BCUT2D eigenvalue weighted by Crippen LogP contribution is -2.29. The number of rotatable bonds is 7. The molecule has 0 spiro atoms. The van der Waals surface area contributed by atoms with Crippen molar-refractivity contribution in [3.8, 4) is 0 Å². The Morgan fingerprint density at radius 2 is 2.25 bits per heavy atom. The van der Waals surface area contributed by atoms with Crippen molar-refractivity contribution in [2.24, 2.45) is 5.92 Å². The molecule has 0 radical (unpaired) electrons. The third-order valence-corrected chi connectivity index (χ3v) is 4.08. The third kappa shape index (κ3) is 4.43. The van der Waals surface area contributed by atoms with Gasteiger partial charge < -0.3 is 19.3 Å². The van der Waals surface area contributed by atoms with Gasteiger partial charge in [0.15, 0.2) is 11.5 Å².